The van der Waals surface area contributed by atoms with Crippen LogP contribution in [0.5, 0.6) is 0 Å². The van der Waals surface area contributed by atoms with Crippen LogP contribution in [0.3, 0.4) is 0 Å². The van der Waals surface area contributed by atoms with Gasteiger partial charge in [-0.15, -0.1) is 0 Å². The summed E-state index contributed by atoms with van der Waals surface area (Å²) in [5.74, 6) is 0.226. The Balaban J connectivity index is 3.88. The second-order valence-electron chi connectivity index (χ2n) is 4.33. The first-order valence-electron chi connectivity index (χ1n) is 6.20. The second-order valence-corrected chi connectivity index (χ2v) is 5.31. The van der Waals surface area contributed by atoms with E-state index in [1.807, 2.05) is 13.2 Å². The predicted octanol–water partition coefficient (Wildman–Crippen LogP) is 1.88. The molecule has 6 heteroatoms. The number of carboxylic acid groups (broad SMARTS) is 1. The van der Waals surface area contributed by atoms with Crippen LogP contribution in [0.25, 0.3) is 0 Å². The van der Waals surface area contributed by atoms with Crippen molar-refractivity contribution >= 4 is 23.8 Å². The molecule has 0 aliphatic carbocycles. The van der Waals surface area contributed by atoms with Crippen LogP contribution in [0.15, 0.2) is 0 Å². The van der Waals surface area contributed by atoms with Crippen molar-refractivity contribution in [3.63, 3.8) is 0 Å². The van der Waals surface area contributed by atoms with Gasteiger partial charge in [-0.3, -0.25) is 4.79 Å². The molecule has 2 N–H and O–H groups in total. The smallest absolute Gasteiger partial charge is 0.317 e. The molecular formula is C12H24N2O3S. The van der Waals surface area contributed by atoms with E-state index in [1.54, 1.807) is 23.7 Å². The summed E-state index contributed by atoms with van der Waals surface area (Å²) in [6.07, 6.45) is 3.87. The van der Waals surface area contributed by atoms with Gasteiger partial charge in [0.2, 0.25) is 0 Å². The highest BCUT2D eigenvalue weighted by molar-refractivity contribution is 7.98. The molecule has 0 rings (SSSR count). The zero-order chi connectivity index (χ0) is 14.0. The maximum atomic E-state index is 11.7. The third-order valence-corrected chi connectivity index (χ3v) is 3.47. The van der Waals surface area contributed by atoms with Gasteiger partial charge in [-0.05, 0) is 24.3 Å². The van der Waals surface area contributed by atoms with Crippen molar-refractivity contribution in [2.24, 2.45) is 5.92 Å². The number of carboxylic acids is 1. The van der Waals surface area contributed by atoms with Gasteiger partial charge in [-0.2, -0.15) is 11.8 Å². The van der Waals surface area contributed by atoms with Crippen LogP contribution in [0, 0.1) is 5.92 Å². The molecule has 18 heavy (non-hydrogen) atoms. The van der Waals surface area contributed by atoms with E-state index in [1.165, 1.54) is 0 Å². The van der Waals surface area contributed by atoms with E-state index in [0.29, 0.717) is 6.54 Å². The molecular weight excluding hydrogens is 252 g/mol. The first kappa shape index (κ1) is 17.1. The van der Waals surface area contributed by atoms with Crippen molar-refractivity contribution in [2.75, 3.05) is 32.1 Å². The molecule has 0 aromatic rings. The lowest BCUT2D eigenvalue weighted by Gasteiger charge is -2.20. The molecule has 0 saturated heterocycles. The van der Waals surface area contributed by atoms with Crippen molar-refractivity contribution in [1.29, 1.82) is 0 Å². The van der Waals surface area contributed by atoms with E-state index in [2.05, 4.69) is 5.32 Å². The Hall–Kier alpha value is -0.910. The molecule has 2 amide bonds. The first-order valence-corrected chi connectivity index (χ1v) is 7.60. The number of rotatable bonds is 9. The fourth-order valence-electron chi connectivity index (χ4n) is 1.52. The lowest BCUT2D eigenvalue weighted by molar-refractivity contribution is -0.138. The lowest BCUT2D eigenvalue weighted by atomic mass is 10.0. The lowest BCUT2D eigenvalue weighted by Crippen LogP contribution is -2.40. The maximum absolute atomic E-state index is 11.7. The monoisotopic (exact) mass is 276 g/mol. The summed E-state index contributed by atoms with van der Waals surface area (Å²) in [4.78, 5) is 23.9. The van der Waals surface area contributed by atoms with Crippen LogP contribution in [-0.2, 0) is 4.79 Å². The van der Waals surface area contributed by atoms with Crippen LogP contribution < -0.4 is 5.32 Å². The summed E-state index contributed by atoms with van der Waals surface area (Å²) >= 11 is 1.76. The quantitative estimate of drug-likeness (QED) is 0.631. The molecule has 0 fully saturated rings. The van der Waals surface area contributed by atoms with Gasteiger partial charge in [-0.25, -0.2) is 4.79 Å². The normalized spacial score (nSPS) is 11.9. The fraction of sp³-hybridized carbons (Fsp3) is 0.833. The Bertz CT molecular complexity index is 262. The predicted molar refractivity (Wildman–Crippen MR) is 75.1 cm³/mol. The standard InChI is InChI=1S/C12H24N2O3S/c1-4-10(8-11(15)16)9-13-12(17)14(2)6-5-7-18-3/h10H,4-9H2,1-3H3,(H,13,17)(H,15,16). The Kier molecular flexibility index (Phi) is 9.55. The number of carbonyl (C=O) groups is 2. The van der Waals surface area contributed by atoms with Crippen molar-refractivity contribution in [2.45, 2.75) is 26.2 Å². The Labute approximate surface area is 113 Å². The largest absolute Gasteiger partial charge is 0.481 e. The SMILES string of the molecule is CCC(CNC(=O)N(C)CCCSC)CC(=O)O. The molecule has 0 spiro atoms. The number of aliphatic carboxylic acids is 1. The summed E-state index contributed by atoms with van der Waals surface area (Å²) in [6, 6.07) is -0.125. The van der Waals surface area contributed by atoms with Crippen molar-refractivity contribution in [1.82, 2.24) is 10.2 Å². The van der Waals surface area contributed by atoms with E-state index in [-0.39, 0.29) is 18.4 Å². The van der Waals surface area contributed by atoms with Crippen molar-refractivity contribution in [3.05, 3.63) is 0 Å². The number of thioether (sulfide) groups is 1. The molecule has 106 valence electrons. The number of amides is 2. The molecule has 0 heterocycles. The van der Waals surface area contributed by atoms with Crippen LogP contribution >= 0.6 is 11.8 Å². The molecule has 1 unspecified atom stereocenters. The topological polar surface area (TPSA) is 69.6 Å². The number of urea groups is 1. The van der Waals surface area contributed by atoms with Gasteiger partial charge >= 0.3 is 12.0 Å². The molecule has 0 aliphatic rings. The molecule has 1 atom stereocenters. The Morgan fingerprint density at radius 1 is 1.44 bits per heavy atom. The fourth-order valence-corrected chi connectivity index (χ4v) is 1.94. The molecule has 0 bridgehead atoms. The summed E-state index contributed by atoms with van der Waals surface area (Å²) in [5.41, 5.74) is 0. The number of hydrogen-bond acceptors (Lipinski definition) is 3. The third kappa shape index (κ3) is 8.22. The van der Waals surface area contributed by atoms with Crippen LogP contribution in [0.1, 0.15) is 26.2 Å². The highest BCUT2D eigenvalue weighted by Crippen LogP contribution is 2.06. The minimum absolute atomic E-state index is 0.00560. The molecule has 0 radical (unpaired) electrons. The van der Waals surface area contributed by atoms with Crippen molar-refractivity contribution in [3.8, 4) is 0 Å². The van der Waals surface area contributed by atoms with Crippen LogP contribution in [-0.4, -0.2) is 54.2 Å². The third-order valence-electron chi connectivity index (χ3n) is 2.77. The Morgan fingerprint density at radius 3 is 2.61 bits per heavy atom. The zero-order valence-corrected chi connectivity index (χ0v) is 12.3. The van der Waals surface area contributed by atoms with E-state index in [9.17, 15) is 9.59 Å². The van der Waals surface area contributed by atoms with E-state index >= 15 is 0 Å². The molecule has 0 aromatic carbocycles. The summed E-state index contributed by atoms with van der Waals surface area (Å²) < 4.78 is 0. The molecule has 0 aliphatic heterocycles. The van der Waals surface area contributed by atoms with Gasteiger partial charge in [0, 0.05) is 26.6 Å². The summed E-state index contributed by atoms with van der Waals surface area (Å²) in [7, 11) is 1.76. The molecule has 0 saturated carbocycles. The zero-order valence-electron chi connectivity index (χ0n) is 11.4. The molecule has 5 nitrogen and oxygen atoms in total. The summed E-state index contributed by atoms with van der Waals surface area (Å²) in [6.45, 7) is 3.08. The van der Waals surface area contributed by atoms with E-state index in [4.69, 9.17) is 5.11 Å². The second kappa shape index (κ2) is 10.1. The summed E-state index contributed by atoms with van der Waals surface area (Å²) in [5, 5.41) is 11.5. The van der Waals surface area contributed by atoms with Crippen LogP contribution in [0.2, 0.25) is 0 Å². The van der Waals surface area contributed by atoms with Gasteiger partial charge < -0.3 is 15.3 Å². The van der Waals surface area contributed by atoms with Crippen LogP contribution in [0.4, 0.5) is 4.79 Å². The van der Waals surface area contributed by atoms with E-state index < -0.39 is 5.97 Å². The van der Waals surface area contributed by atoms with E-state index in [0.717, 1.165) is 25.1 Å². The highest BCUT2D eigenvalue weighted by Gasteiger charge is 2.14. The number of hydrogen-bond donors (Lipinski definition) is 2. The van der Waals surface area contributed by atoms with Gasteiger partial charge in [0.15, 0.2) is 0 Å². The molecule has 0 aromatic heterocycles. The van der Waals surface area contributed by atoms with Gasteiger partial charge in [0.1, 0.15) is 0 Å². The van der Waals surface area contributed by atoms with Gasteiger partial charge in [0.25, 0.3) is 0 Å². The van der Waals surface area contributed by atoms with Gasteiger partial charge in [0.05, 0.1) is 0 Å². The number of carbonyl (C=O) groups excluding carboxylic acids is 1. The average molecular weight is 276 g/mol. The van der Waals surface area contributed by atoms with Gasteiger partial charge in [-0.1, -0.05) is 13.3 Å². The maximum Gasteiger partial charge on any atom is 0.317 e. The average Bonchev–Trinajstić information content (AvgIpc) is 2.33. The Morgan fingerprint density at radius 2 is 2.11 bits per heavy atom. The number of nitrogens with one attached hydrogen (secondary N) is 1. The minimum atomic E-state index is -0.815. The van der Waals surface area contributed by atoms with Crippen molar-refractivity contribution < 1.29 is 14.7 Å². The highest BCUT2D eigenvalue weighted by atomic mass is 32.2. The minimum Gasteiger partial charge on any atom is -0.481 e. The number of nitrogens with zero attached hydrogens (tertiary/aromatic N) is 1. The first-order chi connectivity index (χ1) is 8.51.